The van der Waals surface area contributed by atoms with Crippen LogP contribution in [0.4, 0.5) is 4.79 Å². The van der Waals surface area contributed by atoms with Crippen molar-refractivity contribution in [1.29, 1.82) is 0 Å². The topological polar surface area (TPSA) is 113 Å². The third-order valence-electron chi connectivity index (χ3n) is 8.19. The lowest BCUT2D eigenvalue weighted by Crippen LogP contribution is -2.51. The van der Waals surface area contributed by atoms with Crippen LogP contribution in [0.15, 0.2) is 29.2 Å². The summed E-state index contributed by atoms with van der Waals surface area (Å²) in [5.41, 5.74) is 0. The number of benzene rings is 1. The molecule has 1 unspecified atom stereocenters. The molecule has 4 rings (SSSR count). The maximum Gasteiger partial charge on any atom is 0.421 e. The number of fused-ring (bicyclic) bond motifs is 1. The van der Waals surface area contributed by atoms with E-state index in [-0.39, 0.29) is 17.3 Å². The fraction of sp³-hybridized carbons (Fsp3) is 0.774. The maximum absolute atomic E-state index is 13.1. The fourth-order valence-corrected chi connectivity index (χ4v) is 7.00. The van der Waals surface area contributed by atoms with Crippen LogP contribution in [0.25, 0.3) is 0 Å². The second-order valence-electron chi connectivity index (χ2n) is 12.2. The van der Waals surface area contributed by atoms with E-state index in [0.717, 1.165) is 45.2 Å². The van der Waals surface area contributed by atoms with Crippen LogP contribution in [0, 0.1) is 0 Å². The third-order valence-corrected chi connectivity index (χ3v) is 9.77. The minimum atomic E-state index is -4.17. The van der Waals surface area contributed by atoms with Gasteiger partial charge in [-0.2, -0.15) is 0 Å². The van der Waals surface area contributed by atoms with Gasteiger partial charge in [-0.3, -0.25) is 4.90 Å². The number of halogens is 2. The summed E-state index contributed by atoms with van der Waals surface area (Å²) < 4.78 is 58.6. The van der Waals surface area contributed by atoms with Gasteiger partial charge in [-0.05, 0) is 70.5 Å². The second kappa shape index (κ2) is 17.7. The Labute approximate surface area is 274 Å². The molecule has 252 valence electrons. The number of rotatable bonds is 16. The van der Waals surface area contributed by atoms with Gasteiger partial charge in [0.05, 0.1) is 4.90 Å². The molecule has 44 heavy (non-hydrogen) atoms. The normalized spacial score (nSPS) is 25.6. The predicted octanol–water partition coefficient (Wildman–Crippen LogP) is 6.43. The average Bonchev–Trinajstić information content (AvgIpc) is 3.44. The molecule has 0 aromatic heterocycles. The summed E-state index contributed by atoms with van der Waals surface area (Å²) in [6, 6.07) is 5.55. The van der Waals surface area contributed by atoms with Gasteiger partial charge >= 0.3 is 6.09 Å². The molecule has 5 atom stereocenters. The monoisotopic (exact) mass is 680 g/mol. The standard InChI is InChI=1S/C31H49ClN2O8S.ClH/c1-4-5-6-7-8-9-10-14-21-38-27-26(40-29-28(27)41-31(2,3)42-29)25(22-34-19-12-11-13-20-34)39-30(35)33-43(36,37)24-17-15-23(32)16-18-24;/h15-18,25-29H,4-14,19-22H2,1-3H3,(H,33,35);1H/t25?,26-,27+,28-,29-;/m1./s1. The number of hydrogen-bond donors (Lipinski definition) is 1. The van der Waals surface area contributed by atoms with E-state index >= 15 is 0 Å². The Balaban J connectivity index is 0.00000529. The highest BCUT2D eigenvalue weighted by atomic mass is 35.5. The molecular formula is C31H50Cl2N2O8S. The number of amides is 1. The Hall–Kier alpha value is -1.18. The Morgan fingerprint density at radius 3 is 2.32 bits per heavy atom. The van der Waals surface area contributed by atoms with Crippen LogP contribution >= 0.6 is 24.0 Å². The second-order valence-corrected chi connectivity index (χ2v) is 14.4. The number of carbonyl (C=O) groups is 1. The van der Waals surface area contributed by atoms with Crippen LogP contribution in [0.2, 0.25) is 5.02 Å². The van der Waals surface area contributed by atoms with Gasteiger partial charge in [-0.25, -0.2) is 17.9 Å². The molecule has 0 aliphatic carbocycles. The number of sulfonamides is 1. The van der Waals surface area contributed by atoms with Gasteiger partial charge in [0, 0.05) is 18.2 Å². The van der Waals surface area contributed by atoms with Gasteiger partial charge in [-0.15, -0.1) is 12.4 Å². The van der Waals surface area contributed by atoms with Crippen LogP contribution in [0.1, 0.15) is 91.4 Å². The summed E-state index contributed by atoms with van der Waals surface area (Å²) in [4.78, 5) is 15.2. The summed E-state index contributed by atoms with van der Waals surface area (Å²) in [5.74, 6) is -0.840. The number of unbranched alkanes of at least 4 members (excludes halogenated alkanes) is 7. The summed E-state index contributed by atoms with van der Waals surface area (Å²) in [6.45, 7) is 8.48. The zero-order valence-corrected chi connectivity index (χ0v) is 28.6. The van der Waals surface area contributed by atoms with Gasteiger partial charge in [0.1, 0.15) is 24.4 Å². The van der Waals surface area contributed by atoms with E-state index in [0.29, 0.717) is 18.2 Å². The first-order chi connectivity index (χ1) is 20.6. The lowest BCUT2D eigenvalue weighted by atomic mass is 10.0. The Morgan fingerprint density at radius 2 is 1.66 bits per heavy atom. The first-order valence-electron chi connectivity index (χ1n) is 15.9. The summed E-state index contributed by atoms with van der Waals surface area (Å²) in [7, 11) is -4.17. The highest BCUT2D eigenvalue weighted by Crippen LogP contribution is 2.40. The number of nitrogens with one attached hydrogen (secondary N) is 1. The minimum Gasteiger partial charge on any atom is -0.441 e. The van der Waals surface area contributed by atoms with Crippen molar-refractivity contribution >= 4 is 40.1 Å². The van der Waals surface area contributed by atoms with Gasteiger partial charge in [0.15, 0.2) is 12.1 Å². The van der Waals surface area contributed by atoms with Crippen LogP contribution in [-0.2, 0) is 33.7 Å². The van der Waals surface area contributed by atoms with Crippen molar-refractivity contribution in [2.24, 2.45) is 0 Å². The number of nitrogens with zero attached hydrogens (tertiary/aromatic N) is 1. The third kappa shape index (κ3) is 11.0. The van der Waals surface area contributed by atoms with E-state index in [4.69, 9.17) is 35.3 Å². The molecule has 1 aromatic carbocycles. The largest absolute Gasteiger partial charge is 0.441 e. The first kappa shape index (κ1) is 37.3. The summed E-state index contributed by atoms with van der Waals surface area (Å²) >= 11 is 5.90. The molecule has 3 heterocycles. The first-order valence-corrected chi connectivity index (χ1v) is 17.8. The Kier molecular flexibility index (Phi) is 15.0. The highest BCUT2D eigenvalue weighted by Gasteiger charge is 2.58. The van der Waals surface area contributed by atoms with Gasteiger partial charge < -0.3 is 23.7 Å². The van der Waals surface area contributed by atoms with Crippen LogP contribution in [0.5, 0.6) is 0 Å². The smallest absolute Gasteiger partial charge is 0.421 e. The molecule has 3 fully saturated rings. The molecule has 13 heteroatoms. The molecule has 1 amide bonds. The number of likely N-dealkylation sites (tertiary alicyclic amines) is 1. The summed E-state index contributed by atoms with van der Waals surface area (Å²) in [5, 5.41) is 0.387. The maximum atomic E-state index is 13.1. The number of piperidine rings is 1. The molecular weight excluding hydrogens is 631 g/mol. The molecule has 3 aliphatic heterocycles. The number of hydrogen-bond acceptors (Lipinski definition) is 9. The zero-order chi connectivity index (χ0) is 30.9. The molecule has 10 nitrogen and oxygen atoms in total. The van der Waals surface area contributed by atoms with Crippen LogP contribution in [-0.4, -0.2) is 82.1 Å². The van der Waals surface area contributed by atoms with Gasteiger partial charge in [-0.1, -0.05) is 69.9 Å². The van der Waals surface area contributed by atoms with E-state index < -0.39 is 52.6 Å². The molecule has 0 bridgehead atoms. The van der Waals surface area contributed by atoms with Crippen LogP contribution < -0.4 is 4.72 Å². The van der Waals surface area contributed by atoms with Crippen molar-refractivity contribution in [2.75, 3.05) is 26.2 Å². The summed E-state index contributed by atoms with van der Waals surface area (Å²) in [6.07, 6.45) is 8.35. The van der Waals surface area contributed by atoms with E-state index in [1.807, 2.05) is 18.6 Å². The SMILES string of the molecule is CCCCCCCCCCO[C@@H]1[C@H]2OC(C)(C)O[C@H]2O[C@@H]1C(CN1CCCCC1)OC(=O)NS(=O)(=O)c1ccc(Cl)cc1.Cl. The Bertz CT molecular complexity index is 1120. The quantitative estimate of drug-likeness (QED) is 0.197. The van der Waals surface area contributed by atoms with Crippen molar-refractivity contribution in [1.82, 2.24) is 9.62 Å². The molecule has 1 N–H and O–H groups in total. The molecule has 0 spiro atoms. The van der Waals surface area contributed by atoms with Crippen molar-refractivity contribution < 1.29 is 36.9 Å². The average molecular weight is 682 g/mol. The lowest BCUT2D eigenvalue weighted by Gasteiger charge is -2.35. The van der Waals surface area contributed by atoms with E-state index in [1.54, 1.807) is 0 Å². The lowest BCUT2D eigenvalue weighted by molar-refractivity contribution is -0.230. The Morgan fingerprint density at radius 1 is 1.02 bits per heavy atom. The van der Waals surface area contributed by atoms with Crippen molar-refractivity contribution in [3.8, 4) is 0 Å². The minimum absolute atomic E-state index is 0. The van der Waals surface area contributed by atoms with E-state index in [9.17, 15) is 13.2 Å². The molecule has 3 aliphatic rings. The van der Waals surface area contributed by atoms with E-state index in [1.165, 1.54) is 62.8 Å². The zero-order valence-electron chi connectivity index (χ0n) is 26.2. The van der Waals surface area contributed by atoms with E-state index in [2.05, 4.69) is 11.8 Å². The molecule has 3 saturated heterocycles. The fourth-order valence-electron chi connectivity index (χ4n) is 6.00. The molecule has 1 aromatic rings. The van der Waals surface area contributed by atoms with Gasteiger partial charge in [0.2, 0.25) is 0 Å². The van der Waals surface area contributed by atoms with Crippen molar-refractivity contribution in [2.45, 2.75) is 133 Å². The van der Waals surface area contributed by atoms with Crippen LogP contribution in [0.3, 0.4) is 0 Å². The number of carbonyl (C=O) groups excluding carboxylic acids is 1. The van der Waals surface area contributed by atoms with Crippen molar-refractivity contribution in [3.05, 3.63) is 29.3 Å². The molecule has 0 radical (unpaired) electrons. The van der Waals surface area contributed by atoms with Crippen molar-refractivity contribution in [3.63, 3.8) is 0 Å². The molecule has 0 saturated carbocycles. The predicted molar refractivity (Wildman–Crippen MR) is 171 cm³/mol. The highest BCUT2D eigenvalue weighted by molar-refractivity contribution is 7.90. The number of ether oxygens (including phenoxy) is 5. The van der Waals surface area contributed by atoms with Gasteiger partial charge in [0.25, 0.3) is 10.0 Å².